The van der Waals surface area contributed by atoms with E-state index in [-0.39, 0.29) is 10.5 Å². The number of sulfonamides is 1. The van der Waals surface area contributed by atoms with Gasteiger partial charge in [0.1, 0.15) is 5.00 Å². The van der Waals surface area contributed by atoms with Crippen molar-refractivity contribution in [3.63, 3.8) is 0 Å². The van der Waals surface area contributed by atoms with Gasteiger partial charge in [0.2, 0.25) is 10.0 Å². The molecule has 1 fully saturated rings. The van der Waals surface area contributed by atoms with Crippen LogP contribution in [0.2, 0.25) is 0 Å². The molecule has 37 heavy (non-hydrogen) atoms. The first kappa shape index (κ1) is 27.2. The molecule has 0 spiro atoms. The monoisotopic (exact) mass is 547 g/mol. The second-order valence-corrected chi connectivity index (χ2v) is 12.5. The smallest absolute Gasteiger partial charge is 0.321 e. The molecule has 0 saturated carbocycles. The second kappa shape index (κ2) is 11.3. The summed E-state index contributed by atoms with van der Waals surface area (Å²) in [5, 5.41) is 7.86. The fourth-order valence-corrected chi connectivity index (χ4v) is 7.63. The number of anilines is 1. The third-order valence-corrected chi connectivity index (χ3v) is 9.88. The van der Waals surface area contributed by atoms with Gasteiger partial charge in [-0.3, -0.25) is 19.8 Å². The number of nitrogens with zero attached hydrogens (tertiary/aromatic N) is 2. The van der Waals surface area contributed by atoms with Crippen LogP contribution in [-0.2, 0) is 23.0 Å². The molecule has 1 saturated heterocycles. The molecule has 2 aromatic rings. The van der Waals surface area contributed by atoms with Crippen LogP contribution >= 0.6 is 11.3 Å². The largest absolute Gasteiger partial charge is 0.341 e. The molecule has 2 aliphatic rings. The Bertz CT molecular complexity index is 1290. The zero-order valence-corrected chi connectivity index (χ0v) is 22.9. The standard InChI is InChI=1S/C25H33N5O5S2/c1-4-29-13-11-19-20(15-29)36-24(21(19)23(32)28-25(33)26-3)27-22(31)17-7-9-18(10-8-17)37(34,35)30-12-5-6-16(2)14-30/h7-10,16H,4-6,11-15H2,1-3H3,(H,27,31)(H2,26,28,32,33). The molecular formula is C25H33N5O5S2. The lowest BCUT2D eigenvalue weighted by Gasteiger charge is -2.30. The van der Waals surface area contributed by atoms with Crippen LogP contribution in [0.5, 0.6) is 0 Å². The predicted octanol–water partition coefficient (Wildman–Crippen LogP) is 2.87. The average Bonchev–Trinajstić information content (AvgIpc) is 3.25. The molecule has 0 aliphatic carbocycles. The third-order valence-electron chi connectivity index (χ3n) is 6.87. The number of thiophene rings is 1. The van der Waals surface area contributed by atoms with Crippen LogP contribution in [0.25, 0.3) is 0 Å². The molecule has 1 unspecified atom stereocenters. The summed E-state index contributed by atoms with van der Waals surface area (Å²) in [5.74, 6) is -0.728. The molecule has 200 valence electrons. The molecule has 1 aromatic heterocycles. The number of rotatable bonds is 6. The van der Waals surface area contributed by atoms with E-state index >= 15 is 0 Å². The number of fused-ring (bicyclic) bond motifs is 1. The molecule has 4 amide bonds. The van der Waals surface area contributed by atoms with Crippen LogP contribution in [0.4, 0.5) is 9.80 Å². The Kier molecular flexibility index (Phi) is 8.32. The summed E-state index contributed by atoms with van der Waals surface area (Å²) in [6.07, 6.45) is 2.47. The van der Waals surface area contributed by atoms with Gasteiger partial charge in [0, 0.05) is 43.7 Å². The zero-order valence-electron chi connectivity index (χ0n) is 21.3. The summed E-state index contributed by atoms with van der Waals surface area (Å²) < 4.78 is 27.6. The van der Waals surface area contributed by atoms with Crippen molar-refractivity contribution in [2.45, 2.75) is 44.6 Å². The SMILES string of the molecule is CCN1CCc2c(sc(NC(=O)c3ccc(S(=O)(=O)N4CCCC(C)C4)cc3)c2C(=O)NC(=O)NC)C1. The maximum Gasteiger partial charge on any atom is 0.321 e. The number of urea groups is 1. The van der Waals surface area contributed by atoms with Crippen molar-refractivity contribution in [1.82, 2.24) is 19.8 Å². The minimum atomic E-state index is -3.63. The molecule has 0 bridgehead atoms. The summed E-state index contributed by atoms with van der Waals surface area (Å²) in [5.41, 5.74) is 1.40. The molecular weight excluding hydrogens is 514 g/mol. The highest BCUT2D eigenvalue weighted by Gasteiger charge is 2.30. The summed E-state index contributed by atoms with van der Waals surface area (Å²) in [6.45, 7) is 7.40. The number of piperidine rings is 1. The number of hydrogen-bond acceptors (Lipinski definition) is 7. The van der Waals surface area contributed by atoms with Gasteiger partial charge in [-0.2, -0.15) is 4.31 Å². The molecule has 4 rings (SSSR count). The number of carbonyl (C=O) groups excluding carboxylic acids is 3. The van der Waals surface area contributed by atoms with E-state index in [0.717, 1.165) is 36.4 Å². The minimum absolute atomic E-state index is 0.148. The highest BCUT2D eigenvalue weighted by Crippen LogP contribution is 2.37. The number of amides is 4. The van der Waals surface area contributed by atoms with Crippen molar-refractivity contribution in [2.24, 2.45) is 5.92 Å². The van der Waals surface area contributed by atoms with Gasteiger partial charge in [0.25, 0.3) is 11.8 Å². The van der Waals surface area contributed by atoms with Crippen LogP contribution < -0.4 is 16.0 Å². The van der Waals surface area contributed by atoms with Gasteiger partial charge in [-0.25, -0.2) is 13.2 Å². The normalized spacial score (nSPS) is 18.6. The zero-order chi connectivity index (χ0) is 26.7. The summed E-state index contributed by atoms with van der Waals surface area (Å²) in [7, 11) is -2.21. The maximum absolute atomic E-state index is 13.1. The number of carbonyl (C=O) groups is 3. The molecule has 1 aromatic carbocycles. The molecule has 3 heterocycles. The molecule has 2 aliphatic heterocycles. The highest BCUT2D eigenvalue weighted by atomic mass is 32.2. The molecule has 10 nitrogen and oxygen atoms in total. The predicted molar refractivity (Wildman–Crippen MR) is 142 cm³/mol. The van der Waals surface area contributed by atoms with Crippen LogP contribution in [0.3, 0.4) is 0 Å². The topological polar surface area (TPSA) is 128 Å². The van der Waals surface area contributed by atoms with Crippen LogP contribution in [0.15, 0.2) is 29.2 Å². The van der Waals surface area contributed by atoms with Gasteiger partial charge in [0.15, 0.2) is 0 Å². The number of benzene rings is 1. The summed E-state index contributed by atoms with van der Waals surface area (Å²) >= 11 is 1.32. The number of likely N-dealkylation sites (N-methyl/N-ethyl adjacent to an activating group) is 1. The Hall–Kier alpha value is -2.80. The van der Waals surface area contributed by atoms with Crippen molar-refractivity contribution < 1.29 is 22.8 Å². The van der Waals surface area contributed by atoms with Crippen molar-refractivity contribution in [1.29, 1.82) is 0 Å². The van der Waals surface area contributed by atoms with Crippen molar-refractivity contribution in [2.75, 3.05) is 38.5 Å². The average molecular weight is 548 g/mol. The van der Waals surface area contributed by atoms with Gasteiger partial charge in [-0.1, -0.05) is 13.8 Å². The number of nitrogens with one attached hydrogen (secondary N) is 3. The second-order valence-electron chi connectivity index (χ2n) is 9.45. The first-order valence-electron chi connectivity index (χ1n) is 12.5. The highest BCUT2D eigenvalue weighted by molar-refractivity contribution is 7.89. The van der Waals surface area contributed by atoms with Crippen LogP contribution in [0.1, 0.15) is 57.8 Å². The Labute approximate surface area is 221 Å². The van der Waals surface area contributed by atoms with E-state index in [1.54, 1.807) is 0 Å². The third kappa shape index (κ3) is 5.87. The fraction of sp³-hybridized carbons (Fsp3) is 0.480. The van der Waals surface area contributed by atoms with E-state index in [0.29, 0.717) is 42.5 Å². The van der Waals surface area contributed by atoms with E-state index in [1.807, 2.05) is 6.92 Å². The summed E-state index contributed by atoms with van der Waals surface area (Å²) in [4.78, 5) is 41.2. The Morgan fingerprint density at radius 2 is 1.84 bits per heavy atom. The molecule has 3 N–H and O–H groups in total. The summed E-state index contributed by atoms with van der Waals surface area (Å²) in [6, 6.07) is 5.22. The minimum Gasteiger partial charge on any atom is -0.341 e. The van der Waals surface area contributed by atoms with E-state index in [9.17, 15) is 22.8 Å². The Morgan fingerprint density at radius 1 is 1.11 bits per heavy atom. The molecule has 1 atom stereocenters. The lowest BCUT2D eigenvalue weighted by molar-refractivity contribution is 0.0964. The van der Waals surface area contributed by atoms with Crippen molar-refractivity contribution >= 4 is 44.2 Å². The first-order valence-corrected chi connectivity index (χ1v) is 14.7. The quantitative estimate of drug-likeness (QED) is 0.510. The van der Waals surface area contributed by atoms with Crippen molar-refractivity contribution in [3.05, 3.63) is 45.8 Å². The maximum atomic E-state index is 13.1. The Morgan fingerprint density at radius 3 is 2.49 bits per heavy atom. The van der Waals surface area contributed by atoms with E-state index in [1.165, 1.54) is 47.0 Å². The van der Waals surface area contributed by atoms with Crippen LogP contribution in [-0.4, -0.2) is 68.7 Å². The Balaban J connectivity index is 1.56. The number of hydrogen-bond donors (Lipinski definition) is 3. The van der Waals surface area contributed by atoms with Gasteiger partial charge >= 0.3 is 6.03 Å². The van der Waals surface area contributed by atoms with Gasteiger partial charge in [0.05, 0.1) is 10.5 Å². The lowest BCUT2D eigenvalue weighted by atomic mass is 10.0. The van der Waals surface area contributed by atoms with E-state index < -0.39 is 27.9 Å². The number of imide groups is 1. The van der Waals surface area contributed by atoms with Gasteiger partial charge < -0.3 is 10.6 Å². The lowest BCUT2D eigenvalue weighted by Crippen LogP contribution is -2.39. The van der Waals surface area contributed by atoms with E-state index in [2.05, 4.69) is 27.8 Å². The first-order chi connectivity index (χ1) is 17.6. The van der Waals surface area contributed by atoms with Crippen LogP contribution in [0, 0.1) is 5.92 Å². The van der Waals surface area contributed by atoms with Crippen molar-refractivity contribution in [3.8, 4) is 0 Å². The van der Waals surface area contributed by atoms with Gasteiger partial charge in [-0.15, -0.1) is 11.3 Å². The van der Waals surface area contributed by atoms with Gasteiger partial charge in [-0.05, 0) is 61.6 Å². The van der Waals surface area contributed by atoms with E-state index in [4.69, 9.17) is 0 Å². The molecule has 12 heteroatoms. The molecule has 0 radical (unpaired) electrons. The fourth-order valence-electron chi connectivity index (χ4n) is 4.75.